The van der Waals surface area contributed by atoms with E-state index in [2.05, 4.69) is 0 Å². The first-order chi connectivity index (χ1) is 8.75. The number of hydrogen-bond donors (Lipinski definition) is 1. The Morgan fingerprint density at radius 3 is 2.32 bits per heavy atom. The summed E-state index contributed by atoms with van der Waals surface area (Å²) < 4.78 is 1.41. The molecule has 0 radical (unpaired) electrons. The molecule has 0 saturated carbocycles. The third-order valence-corrected chi connectivity index (χ3v) is 3.28. The number of carbonyl (C=O) groups is 1. The quantitative estimate of drug-likeness (QED) is 0.789. The van der Waals surface area contributed by atoms with Gasteiger partial charge in [0.05, 0.1) is 5.52 Å². The lowest BCUT2D eigenvalue weighted by Crippen LogP contribution is -2.32. The van der Waals surface area contributed by atoms with Crippen LogP contribution in [0.5, 0.6) is 0 Å². The fraction of sp³-hybridized carbons (Fsp3) is 0.333. The first kappa shape index (κ1) is 13.3. The average Bonchev–Trinajstić information content (AvgIpc) is 2.26. The Labute approximate surface area is 111 Å². The second-order valence-electron chi connectivity index (χ2n) is 5.73. The topological polar surface area (TPSA) is 65.1 Å². The SMILES string of the molecule is Cc1c(C(C)(C)C)c(=O)c2ccccc2n1C(N)=O. The highest BCUT2D eigenvalue weighted by Gasteiger charge is 2.25. The van der Waals surface area contributed by atoms with E-state index in [0.717, 1.165) is 0 Å². The first-order valence-electron chi connectivity index (χ1n) is 6.20. The minimum absolute atomic E-state index is 0.0295. The summed E-state index contributed by atoms with van der Waals surface area (Å²) in [4.78, 5) is 24.3. The maximum absolute atomic E-state index is 12.6. The monoisotopic (exact) mass is 258 g/mol. The molecule has 19 heavy (non-hydrogen) atoms. The highest BCUT2D eigenvalue weighted by Crippen LogP contribution is 2.25. The number of para-hydroxylation sites is 1. The van der Waals surface area contributed by atoms with Gasteiger partial charge in [0.15, 0.2) is 5.43 Å². The number of amides is 1. The molecule has 4 heteroatoms. The van der Waals surface area contributed by atoms with Crippen molar-refractivity contribution in [3.8, 4) is 0 Å². The molecular weight excluding hydrogens is 240 g/mol. The van der Waals surface area contributed by atoms with Crippen molar-refractivity contribution < 1.29 is 4.79 Å². The summed E-state index contributed by atoms with van der Waals surface area (Å²) in [5.74, 6) is 0. The van der Waals surface area contributed by atoms with E-state index < -0.39 is 6.03 Å². The van der Waals surface area contributed by atoms with Crippen LogP contribution in [0.3, 0.4) is 0 Å². The van der Waals surface area contributed by atoms with Gasteiger partial charge in [0.1, 0.15) is 0 Å². The Morgan fingerprint density at radius 2 is 1.79 bits per heavy atom. The van der Waals surface area contributed by atoms with Crippen LogP contribution in [-0.2, 0) is 5.41 Å². The highest BCUT2D eigenvalue weighted by molar-refractivity contribution is 5.91. The fourth-order valence-electron chi connectivity index (χ4n) is 2.62. The van der Waals surface area contributed by atoms with Crippen molar-refractivity contribution in [2.75, 3.05) is 0 Å². The van der Waals surface area contributed by atoms with Gasteiger partial charge in [0.25, 0.3) is 0 Å². The van der Waals surface area contributed by atoms with Crippen molar-refractivity contribution >= 4 is 16.9 Å². The van der Waals surface area contributed by atoms with Gasteiger partial charge in [-0.25, -0.2) is 4.79 Å². The van der Waals surface area contributed by atoms with Crippen molar-refractivity contribution in [1.82, 2.24) is 4.57 Å². The third-order valence-electron chi connectivity index (χ3n) is 3.28. The second-order valence-corrected chi connectivity index (χ2v) is 5.73. The number of benzene rings is 1. The van der Waals surface area contributed by atoms with E-state index >= 15 is 0 Å². The van der Waals surface area contributed by atoms with Crippen molar-refractivity contribution in [2.45, 2.75) is 33.1 Å². The maximum atomic E-state index is 12.6. The van der Waals surface area contributed by atoms with Crippen LogP contribution < -0.4 is 11.2 Å². The van der Waals surface area contributed by atoms with Gasteiger partial charge in [0.2, 0.25) is 0 Å². The molecule has 0 unspecified atom stereocenters. The molecule has 0 atom stereocenters. The molecule has 2 rings (SSSR count). The lowest BCUT2D eigenvalue weighted by molar-refractivity contribution is 0.250. The Hall–Kier alpha value is -2.10. The van der Waals surface area contributed by atoms with Crippen LogP contribution in [0, 0.1) is 6.92 Å². The Kier molecular flexibility index (Phi) is 2.97. The third kappa shape index (κ3) is 2.03. The molecule has 0 spiro atoms. The number of nitrogens with zero attached hydrogens (tertiary/aromatic N) is 1. The highest BCUT2D eigenvalue weighted by atomic mass is 16.2. The normalized spacial score (nSPS) is 11.8. The van der Waals surface area contributed by atoms with Gasteiger partial charge in [-0.3, -0.25) is 9.36 Å². The van der Waals surface area contributed by atoms with Crippen LogP contribution in [0.15, 0.2) is 29.1 Å². The lowest BCUT2D eigenvalue weighted by atomic mass is 9.84. The summed E-state index contributed by atoms with van der Waals surface area (Å²) in [7, 11) is 0. The van der Waals surface area contributed by atoms with E-state index in [-0.39, 0.29) is 10.8 Å². The van der Waals surface area contributed by atoms with E-state index in [4.69, 9.17) is 5.73 Å². The molecule has 0 aliphatic rings. The van der Waals surface area contributed by atoms with Crippen molar-refractivity contribution in [3.05, 3.63) is 45.7 Å². The number of pyridine rings is 1. The van der Waals surface area contributed by atoms with Crippen LogP contribution in [0.25, 0.3) is 10.9 Å². The van der Waals surface area contributed by atoms with Crippen LogP contribution >= 0.6 is 0 Å². The zero-order valence-corrected chi connectivity index (χ0v) is 11.7. The predicted octanol–water partition coefficient (Wildman–Crippen LogP) is 2.53. The Balaban J connectivity index is 3.10. The van der Waals surface area contributed by atoms with Crippen LogP contribution in [-0.4, -0.2) is 10.6 Å². The molecule has 4 nitrogen and oxygen atoms in total. The van der Waals surface area contributed by atoms with E-state index in [0.29, 0.717) is 22.2 Å². The Bertz CT molecular complexity index is 721. The van der Waals surface area contributed by atoms with Crippen LogP contribution in [0.4, 0.5) is 4.79 Å². The number of carbonyl (C=O) groups excluding carboxylic acids is 1. The van der Waals surface area contributed by atoms with Gasteiger partial charge in [0, 0.05) is 16.6 Å². The minimum Gasteiger partial charge on any atom is -0.351 e. The molecule has 1 amide bonds. The number of primary amides is 1. The number of fused-ring (bicyclic) bond motifs is 1. The summed E-state index contributed by atoms with van der Waals surface area (Å²) in [5, 5.41) is 0.525. The van der Waals surface area contributed by atoms with E-state index in [1.807, 2.05) is 20.8 Å². The minimum atomic E-state index is -0.570. The standard InChI is InChI=1S/C15H18N2O2/c1-9-12(15(2,3)4)13(18)10-7-5-6-8-11(10)17(9)14(16)19/h5-8H,1-4H3,(H2,16,19). The number of aromatic nitrogens is 1. The molecule has 2 aromatic rings. The zero-order chi connectivity index (χ0) is 14.4. The molecule has 0 aliphatic carbocycles. The van der Waals surface area contributed by atoms with Gasteiger partial charge in [-0.2, -0.15) is 0 Å². The molecule has 0 fully saturated rings. The molecule has 100 valence electrons. The van der Waals surface area contributed by atoms with Crippen molar-refractivity contribution in [3.63, 3.8) is 0 Å². The molecule has 2 N–H and O–H groups in total. The van der Waals surface area contributed by atoms with E-state index in [9.17, 15) is 9.59 Å². The Morgan fingerprint density at radius 1 is 1.21 bits per heavy atom. The van der Waals surface area contributed by atoms with Gasteiger partial charge in [-0.15, -0.1) is 0 Å². The van der Waals surface area contributed by atoms with Gasteiger partial charge >= 0.3 is 6.03 Å². The lowest BCUT2D eigenvalue weighted by Gasteiger charge is -2.24. The fourth-order valence-corrected chi connectivity index (χ4v) is 2.62. The summed E-state index contributed by atoms with van der Waals surface area (Å²) in [6.45, 7) is 7.63. The molecule has 0 bridgehead atoms. The zero-order valence-electron chi connectivity index (χ0n) is 11.7. The predicted molar refractivity (Wildman–Crippen MR) is 76.6 cm³/mol. The summed E-state index contributed by atoms with van der Waals surface area (Å²) in [6.07, 6.45) is 0. The summed E-state index contributed by atoms with van der Waals surface area (Å²) in [6, 6.07) is 6.47. The number of rotatable bonds is 0. The van der Waals surface area contributed by atoms with Crippen LogP contribution in [0.1, 0.15) is 32.0 Å². The van der Waals surface area contributed by atoms with Crippen molar-refractivity contribution in [1.29, 1.82) is 0 Å². The molecule has 0 aliphatic heterocycles. The second kappa shape index (κ2) is 4.23. The van der Waals surface area contributed by atoms with E-state index in [1.54, 1.807) is 31.2 Å². The van der Waals surface area contributed by atoms with Gasteiger partial charge < -0.3 is 5.73 Å². The maximum Gasteiger partial charge on any atom is 0.323 e. The molecule has 1 aromatic heterocycles. The molecule has 1 heterocycles. The number of hydrogen-bond acceptors (Lipinski definition) is 2. The molecule has 0 saturated heterocycles. The van der Waals surface area contributed by atoms with E-state index in [1.165, 1.54) is 4.57 Å². The molecule has 1 aromatic carbocycles. The molecular formula is C15H18N2O2. The summed E-state index contributed by atoms with van der Waals surface area (Å²) >= 11 is 0. The first-order valence-corrected chi connectivity index (χ1v) is 6.20. The van der Waals surface area contributed by atoms with Crippen LogP contribution in [0.2, 0.25) is 0 Å². The van der Waals surface area contributed by atoms with Crippen molar-refractivity contribution in [2.24, 2.45) is 5.73 Å². The van der Waals surface area contributed by atoms with Gasteiger partial charge in [-0.1, -0.05) is 32.9 Å². The summed E-state index contributed by atoms with van der Waals surface area (Å²) in [5.41, 5.74) is 6.90. The largest absolute Gasteiger partial charge is 0.351 e. The van der Waals surface area contributed by atoms with Gasteiger partial charge in [-0.05, 0) is 24.5 Å². The smallest absolute Gasteiger partial charge is 0.323 e. The average molecular weight is 258 g/mol. The number of nitrogens with two attached hydrogens (primary N) is 1.